The van der Waals surface area contributed by atoms with E-state index >= 15 is 0 Å². The molecule has 0 aromatic heterocycles. The normalized spacial score (nSPS) is 14.6. The third kappa shape index (κ3) is 5.72. The lowest BCUT2D eigenvalue weighted by atomic mass is 10.2. The van der Waals surface area contributed by atoms with E-state index < -0.39 is 24.3 Å². The second-order valence-electron chi connectivity index (χ2n) is 3.78. The van der Waals surface area contributed by atoms with E-state index in [1.165, 1.54) is 12.2 Å². The molecule has 1 aromatic carbocycles. The first-order valence-corrected chi connectivity index (χ1v) is 5.93. The topological polar surface area (TPSA) is 64.6 Å². The molecule has 1 aromatic rings. The van der Waals surface area contributed by atoms with Crippen LogP contribution in [0.4, 0.5) is 18.0 Å². The van der Waals surface area contributed by atoms with Crippen molar-refractivity contribution in [2.45, 2.75) is 25.7 Å². The summed E-state index contributed by atoms with van der Waals surface area (Å²) in [6.45, 7) is 0.613. The fourth-order valence-electron chi connectivity index (χ4n) is 1.30. The van der Waals surface area contributed by atoms with Gasteiger partial charge in [-0.2, -0.15) is 13.2 Å². The molecule has 1 N–H and O–H groups in total. The SMILES string of the molecule is [2H]C(NC(=O)OCc1ccccc1)(C(=O)OCC)C(F)(F)F. The smallest absolute Gasteiger partial charge is 0.419 e. The predicted octanol–water partition coefficient (Wildman–Crippen LogP) is 2.41. The first-order chi connectivity index (χ1) is 10.2. The molecule has 0 radical (unpaired) electrons. The Labute approximate surface area is 120 Å². The van der Waals surface area contributed by atoms with Gasteiger partial charge < -0.3 is 9.47 Å². The van der Waals surface area contributed by atoms with Gasteiger partial charge in [0.2, 0.25) is 6.02 Å². The van der Waals surface area contributed by atoms with Crippen LogP contribution < -0.4 is 5.32 Å². The molecule has 21 heavy (non-hydrogen) atoms. The maximum Gasteiger partial charge on any atom is 0.419 e. The van der Waals surface area contributed by atoms with Crippen molar-refractivity contribution < 1.29 is 33.6 Å². The quantitative estimate of drug-likeness (QED) is 0.849. The van der Waals surface area contributed by atoms with Crippen LogP contribution in [0, 0.1) is 0 Å². The molecule has 1 rings (SSSR count). The van der Waals surface area contributed by atoms with E-state index in [2.05, 4.69) is 9.47 Å². The predicted molar refractivity (Wildman–Crippen MR) is 66.2 cm³/mol. The molecule has 0 saturated carbocycles. The van der Waals surface area contributed by atoms with Crippen LogP contribution in [-0.2, 0) is 20.9 Å². The van der Waals surface area contributed by atoms with Crippen LogP contribution in [-0.4, -0.2) is 30.9 Å². The Bertz CT molecular complexity index is 524. The van der Waals surface area contributed by atoms with Crippen molar-refractivity contribution in [2.75, 3.05) is 6.61 Å². The van der Waals surface area contributed by atoms with E-state index in [1.807, 2.05) is 0 Å². The maximum absolute atomic E-state index is 12.8. The Morgan fingerprint density at radius 1 is 1.29 bits per heavy atom. The minimum absolute atomic E-state index is 0.302. The summed E-state index contributed by atoms with van der Waals surface area (Å²) in [7, 11) is 0. The molecule has 0 heterocycles. The first kappa shape index (κ1) is 15.1. The average Bonchev–Trinajstić information content (AvgIpc) is 2.45. The van der Waals surface area contributed by atoms with Crippen molar-refractivity contribution in [1.29, 1.82) is 0 Å². The second-order valence-corrected chi connectivity index (χ2v) is 3.78. The van der Waals surface area contributed by atoms with Gasteiger partial charge in [-0.1, -0.05) is 30.3 Å². The Morgan fingerprint density at radius 2 is 1.90 bits per heavy atom. The van der Waals surface area contributed by atoms with Gasteiger partial charge >= 0.3 is 18.2 Å². The zero-order chi connectivity index (χ0) is 16.8. The number of alkyl carbamates (subject to hydrolysis) is 1. The number of hydrogen-bond acceptors (Lipinski definition) is 4. The fraction of sp³-hybridized carbons (Fsp3) is 0.385. The standard InChI is InChI=1S/C13H14F3NO4/c1-2-20-11(18)10(13(14,15)16)17-12(19)21-8-9-6-4-3-5-7-9/h3-7,10H,2,8H2,1H3,(H,17,19)/i10D. The molecular formula is C13H14F3NO4. The summed E-state index contributed by atoms with van der Waals surface area (Å²) in [6, 6.07) is 4.28. The number of esters is 1. The van der Waals surface area contributed by atoms with Crippen molar-refractivity contribution in [2.24, 2.45) is 0 Å². The Hall–Kier alpha value is -2.25. The van der Waals surface area contributed by atoms with E-state index in [0.717, 1.165) is 0 Å². The number of carbonyl (C=O) groups excluding carboxylic acids is 2. The number of amides is 1. The van der Waals surface area contributed by atoms with Crippen LogP contribution in [0.3, 0.4) is 0 Å². The van der Waals surface area contributed by atoms with Crippen molar-refractivity contribution in [3.8, 4) is 0 Å². The monoisotopic (exact) mass is 306 g/mol. The van der Waals surface area contributed by atoms with Gasteiger partial charge in [0.1, 0.15) is 6.61 Å². The summed E-state index contributed by atoms with van der Waals surface area (Å²) in [6.07, 6.45) is -6.91. The molecule has 1 atom stereocenters. The first-order valence-electron chi connectivity index (χ1n) is 6.43. The van der Waals surface area contributed by atoms with E-state index in [1.54, 1.807) is 30.3 Å². The van der Waals surface area contributed by atoms with Crippen molar-refractivity contribution in [3.05, 3.63) is 35.9 Å². The van der Waals surface area contributed by atoms with Crippen LogP contribution in [0.5, 0.6) is 0 Å². The minimum Gasteiger partial charge on any atom is -0.464 e. The average molecular weight is 306 g/mol. The van der Waals surface area contributed by atoms with Gasteiger partial charge in [0.25, 0.3) is 0 Å². The second kappa shape index (κ2) is 7.51. The van der Waals surface area contributed by atoms with Crippen LogP contribution in [0.2, 0.25) is 0 Å². The molecular weight excluding hydrogens is 291 g/mol. The molecule has 0 fully saturated rings. The number of carbonyl (C=O) groups is 2. The Morgan fingerprint density at radius 3 is 2.43 bits per heavy atom. The van der Waals surface area contributed by atoms with E-state index in [0.29, 0.717) is 5.56 Å². The van der Waals surface area contributed by atoms with E-state index in [9.17, 15) is 22.8 Å². The molecule has 0 aliphatic heterocycles. The highest BCUT2D eigenvalue weighted by Gasteiger charge is 2.47. The number of halogens is 3. The number of hydrogen-bond donors (Lipinski definition) is 1. The van der Waals surface area contributed by atoms with Crippen LogP contribution in [0.1, 0.15) is 13.9 Å². The van der Waals surface area contributed by atoms with Gasteiger partial charge in [0.05, 0.1) is 7.98 Å². The summed E-state index contributed by atoms with van der Waals surface area (Å²) < 4.78 is 54.5. The fourth-order valence-corrected chi connectivity index (χ4v) is 1.30. The van der Waals surface area contributed by atoms with Crippen molar-refractivity contribution >= 4 is 12.1 Å². The van der Waals surface area contributed by atoms with Gasteiger partial charge in [0, 0.05) is 0 Å². The molecule has 8 heteroatoms. The Balaban J connectivity index is 2.73. The van der Waals surface area contributed by atoms with Gasteiger partial charge in [-0.05, 0) is 12.5 Å². The van der Waals surface area contributed by atoms with Crippen molar-refractivity contribution in [3.63, 3.8) is 0 Å². The lowest BCUT2D eigenvalue weighted by molar-refractivity contribution is -0.183. The molecule has 5 nitrogen and oxygen atoms in total. The molecule has 0 aliphatic carbocycles. The minimum atomic E-state index is -5.36. The van der Waals surface area contributed by atoms with Crippen LogP contribution >= 0.6 is 0 Å². The highest BCUT2D eigenvalue weighted by Crippen LogP contribution is 2.21. The number of alkyl halides is 3. The zero-order valence-electron chi connectivity index (χ0n) is 12.1. The summed E-state index contributed by atoms with van der Waals surface area (Å²) in [4.78, 5) is 22.7. The van der Waals surface area contributed by atoms with Gasteiger partial charge in [0.15, 0.2) is 0 Å². The highest BCUT2D eigenvalue weighted by molar-refractivity contribution is 5.82. The third-order valence-corrected chi connectivity index (χ3v) is 2.20. The molecule has 0 spiro atoms. The van der Waals surface area contributed by atoms with Crippen LogP contribution in [0.25, 0.3) is 0 Å². The summed E-state index contributed by atoms with van der Waals surface area (Å²) in [5.74, 6) is -1.93. The molecule has 116 valence electrons. The van der Waals surface area contributed by atoms with Gasteiger partial charge in [-0.25, -0.2) is 9.59 Å². The van der Waals surface area contributed by atoms with Crippen molar-refractivity contribution in [1.82, 2.24) is 5.32 Å². The summed E-state index contributed by atoms with van der Waals surface area (Å²) in [5.41, 5.74) is 0.538. The number of benzene rings is 1. The van der Waals surface area contributed by atoms with E-state index in [-0.39, 0.29) is 13.2 Å². The van der Waals surface area contributed by atoms with Gasteiger partial charge in [-0.3, -0.25) is 5.32 Å². The lowest BCUT2D eigenvalue weighted by Gasteiger charge is -2.19. The summed E-state index contributed by atoms with van der Waals surface area (Å²) in [5, 5.41) is 1.19. The maximum atomic E-state index is 12.8. The number of rotatable bonds is 5. The van der Waals surface area contributed by atoms with Gasteiger partial charge in [-0.15, -0.1) is 0 Å². The third-order valence-electron chi connectivity index (χ3n) is 2.20. The largest absolute Gasteiger partial charge is 0.464 e. The lowest BCUT2D eigenvalue weighted by Crippen LogP contribution is -2.51. The van der Waals surface area contributed by atoms with E-state index in [4.69, 9.17) is 1.37 Å². The molecule has 0 saturated heterocycles. The molecule has 1 unspecified atom stereocenters. The number of nitrogens with one attached hydrogen (secondary N) is 1. The molecule has 0 bridgehead atoms. The highest BCUT2D eigenvalue weighted by atomic mass is 19.4. The summed E-state index contributed by atoms with van der Waals surface area (Å²) >= 11 is 0. The number of ether oxygens (including phenoxy) is 2. The van der Waals surface area contributed by atoms with Crippen LogP contribution in [0.15, 0.2) is 30.3 Å². The zero-order valence-corrected chi connectivity index (χ0v) is 11.1. The molecule has 1 amide bonds. The molecule has 0 aliphatic rings. The Kier molecular flexibility index (Phi) is 5.42.